The number of carbonyl (C=O) groups excluding carboxylic acids is 1. The quantitative estimate of drug-likeness (QED) is 0.909. The van der Waals surface area contributed by atoms with Crippen molar-refractivity contribution in [3.05, 3.63) is 22.4 Å². The first-order valence-corrected chi connectivity index (χ1v) is 8.78. The molecule has 0 bridgehead atoms. The summed E-state index contributed by atoms with van der Waals surface area (Å²) in [5.74, 6) is 0.254. The Hall–Kier alpha value is -0.910. The standard InChI is InChI=1S/C16H24N2O2S/c1-3-6-11-16(19)18(12-7-4-8-13(12)20-2)15(17-11)14-9-5-10-21-14/h5,9-13,15,17H,3-4,6-8H2,1-2H3. The molecule has 2 fully saturated rings. The maximum absolute atomic E-state index is 12.9. The van der Waals surface area contributed by atoms with E-state index in [1.54, 1.807) is 18.4 Å². The predicted octanol–water partition coefficient (Wildman–Crippen LogP) is 2.91. The van der Waals surface area contributed by atoms with Crippen molar-refractivity contribution in [1.82, 2.24) is 10.2 Å². The number of ether oxygens (including phenoxy) is 1. The SMILES string of the molecule is CCCC1NC(c2cccs2)N(C2CCCC2OC)C1=O. The third kappa shape index (κ3) is 2.74. The number of nitrogens with zero attached hydrogens (tertiary/aromatic N) is 1. The molecule has 1 aliphatic carbocycles. The van der Waals surface area contributed by atoms with Crippen LogP contribution in [-0.2, 0) is 9.53 Å². The third-order valence-corrected chi connectivity index (χ3v) is 5.58. The molecule has 1 saturated heterocycles. The van der Waals surface area contributed by atoms with Crippen molar-refractivity contribution in [2.45, 2.75) is 63.4 Å². The van der Waals surface area contributed by atoms with E-state index in [0.29, 0.717) is 0 Å². The van der Waals surface area contributed by atoms with Gasteiger partial charge in [0.1, 0.15) is 6.17 Å². The van der Waals surface area contributed by atoms with Crippen LogP contribution in [0, 0.1) is 0 Å². The van der Waals surface area contributed by atoms with E-state index >= 15 is 0 Å². The molecule has 3 rings (SSSR count). The van der Waals surface area contributed by atoms with Crippen LogP contribution in [0.2, 0.25) is 0 Å². The largest absolute Gasteiger partial charge is 0.379 e. The van der Waals surface area contributed by atoms with Gasteiger partial charge < -0.3 is 9.64 Å². The lowest BCUT2D eigenvalue weighted by Gasteiger charge is -2.33. The molecule has 1 aromatic heterocycles. The van der Waals surface area contributed by atoms with Crippen LogP contribution in [0.1, 0.15) is 50.1 Å². The molecule has 0 spiro atoms. The molecule has 1 aromatic rings. The lowest BCUT2D eigenvalue weighted by atomic mass is 10.1. The number of hydrogen-bond acceptors (Lipinski definition) is 4. The van der Waals surface area contributed by atoms with Crippen molar-refractivity contribution in [1.29, 1.82) is 0 Å². The van der Waals surface area contributed by atoms with Gasteiger partial charge in [-0.1, -0.05) is 19.4 Å². The molecule has 1 amide bonds. The monoisotopic (exact) mass is 308 g/mol. The Morgan fingerprint density at radius 2 is 2.33 bits per heavy atom. The lowest BCUT2D eigenvalue weighted by molar-refractivity contribution is -0.134. The van der Waals surface area contributed by atoms with Gasteiger partial charge in [-0.3, -0.25) is 10.1 Å². The van der Waals surface area contributed by atoms with Crippen molar-refractivity contribution in [2.75, 3.05) is 7.11 Å². The van der Waals surface area contributed by atoms with E-state index in [1.807, 2.05) is 0 Å². The third-order valence-electron chi connectivity index (χ3n) is 4.66. The van der Waals surface area contributed by atoms with Crippen molar-refractivity contribution in [2.24, 2.45) is 0 Å². The number of amides is 1. The van der Waals surface area contributed by atoms with Crippen LogP contribution >= 0.6 is 11.3 Å². The van der Waals surface area contributed by atoms with Crippen molar-refractivity contribution < 1.29 is 9.53 Å². The molecule has 4 atom stereocenters. The number of methoxy groups -OCH3 is 1. The van der Waals surface area contributed by atoms with Gasteiger partial charge >= 0.3 is 0 Å². The Morgan fingerprint density at radius 3 is 3.00 bits per heavy atom. The molecule has 2 aliphatic rings. The second-order valence-corrected chi connectivity index (χ2v) is 6.92. The van der Waals surface area contributed by atoms with Crippen LogP contribution in [0.25, 0.3) is 0 Å². The van der Waals surface area contributed by atoms with Crippen molar-refractivity contribution >= 4 is 17.2 Å². The summed E-state index contributed by atoms with van der Waals surface area (Å²) in [6.45, 7) is 2.13. The average Bonchev–Trinajstić information content (AvgIpc) is 3.19. The molecule has 4 nitrogen and oxygen atoms in total. The van der Waals surface area contributed by atoms with E-state index < -0.39 is 0 Å². The Labute approximate surface area is 130 Å². The lowest BCUT2D eigenvalue weighted by Crippen LogP contribution is -2.44. The van der Waals surface area contributed by atoms with Gasteiger partial charge in [-0.25, -0.2) is 0 Å². The molecule has 4 unspecified atom stereocenters. The summed E-state index contributed by atoms with van der Waals surface area (Å²) in [4.78, 5) is 16.2. The van der Waals surface area contributed by atoms with Crippen LogP contribution in [0.3, 0.4) is 0 Å². The fourth-order valence-corrected chi connectivity index (χ4v) is 4.45. The Balaban J connectivity index is 1.87. The second-order valence-electron chi connectivity index (χ2n) is 5.94. The number of hydrogen-bond donors (Lipinski definition) is 1. The minimum atomic E-state index is -0.0415. The highest BCUT2D eigenvalue weighted by molar-refractivity contribution is 7.10. The van der Waals surface area contributed by atoms with Gasteiger partial charge in [0.05, 0.1) is 18.2 Å². The van der Waals surface area contributed by atoms with E-state index in [0.717, 1.165) is 32.1 Å². The van der Waals surface area contributed by atoms with Crippen LogP contribution < -0.4 is 5.32 Å². The van der Waals surface area contributed by atoms with Gasteiger partial charge in [0, 0.05) is 12.0 Å². The summed E-state index contributed by atoms with van der Waals surface area (Å²) in [5, 5.41) is 5.63. The van der Waals surface area contributed by atoms with Gasteiger partial charge in [0.15, 0.2) is 0 Å². The molecule has 1 N–H and O–H groups in total. The fourth-order valence-electron chi connectivity index (χ4n) is 3.67. The first-order valence-electron chi connectivity index (χ1n) is 7.90. The zero-order valence-corrected chi connectivity index (χ0v) is 13.6. The maximum atomic E-state index is 12.9. The van der Waals surface area contributed by atoms with Gasteiger partial charge in [-0.05, 0) is 37.1 Å². The summed E-state index contributed by atoms with van der Waals surface area (Å²) in [5.41, 5.74) is 0. The smallest absolute Gasteiger partial charge is 0.241 e. The fraction of sp³-hybridized carbons (Fsp3) is 0.688. The van der Waals surface area contributed by atoms with E-state index in [-0.39, 0.29) is 30.3 Å². The molecule has 0 aromatic carbocycles. The Morgan fingerprint density at radius 1 is 1.48 bits per heavy atom. The summed E-state index contributed by atoms with van der Waals surface area (Å²) in [6.07, 6.45) is 5.37. The number of nitrogens with one attached hydrogen (secondary N) is 1. The zero-order valence-electron chi connectivity index (χ0n) is 12.7. The second kappa shape index (κ2) is 6.46. The molecule has 1 aliphatic heterocycles. The maximum Gasteiger partial charge on any atom is 0.241 e. The topological polar surface area (TPSA) is 41.6 Å². The first kappa shape index (κ1) is 15.0. The minimum Gasteiger partial charge on any atom is -0.379 e. The van der Waals surface area contributed by atoms with Gasteiger partial charge in [0.25, 0.3) is 0 Å². The van der Waals surface area contributed by atoms with E-state index in [1.165, 1.54) is 4.88 Å². The van der Waals surface area contributed by atoms with Gasteiger partial charge in [0.2, 0.25) is 5.91 Å². The van der Waals surface area contributed by atoms with E-state index in [9.17, 15) is 4.79 Å². The minimum absolute atomic E-state index is 0.0230. The molecular weight excluding hydrogens is 284 g/mol. The van der Waals surface area contributed by atoms with E-state index in [4.69, 9.17) is 4.74 Å². The summed E-state index contributed by atoms with van der Waals surface area (Å²) >= 11 is 1.72. The molecule has 1 saturated carbocycles. The molecular formula is C16H24N2O2S. The zero-order chi connectivity index (χ0) is 14.8. The molecule has 116 valence electrons. The molecule has 2 heterocycles. The predicted molar refractivity (Wildman–Crippen MR) is 84.2 cm³/mol. The highest BCUT2D eigenvalue weighted by Crippen LogP contribution is 2.37. The van der Waals surface area contributed by atoms with Crippen LogP contribution in [-0.4, -0.2) is 36.1 Å². The highest BCUT2D eigenvalue weighted by Gasteiger charge is 2.46. The van der Waals surface area contributed by atoms with Crippen LogP contribution in [0.15, 0.2) is 17.5 Å². The molecule has 0 radical (unpaired) electrons. The number of thiophene rings is 1. The van der Waals surface area contributed by atoms with Gasteiger partial charge in [-0.15, -0.1) is 11.3 Å². The van der Waals surface area contributed by atoms with E-state index in [2.05, 4.69) is 34.7 Å². The Bertz CT molecular complexity index is 477. The summed E-state index contributed by atoms with van der Waals surface area (Å²) in [7, 11) is 1.76. The normalized spacial score (nSPS) is 33.0. The number of rotatable bonds is 5. The molecule has 21 heavy (non-hydrogen) atoms. The summed E-state index contributed by atoms with van der Waals surface area (Å²) < 4.78 is 5.63. The van der Waals surface area contributed by atoms with Crippen molar-refractivity contribution in [3.63, 3.8) is 0 Å². The van der Waals surface area contributed by atoms with Crippen LogP contribution in [0.4, 0.5) is 0 Å². The number of carbonyl (C=O) groups is 1. The Kier molecular flexibility index (Phi) is 4.62. The molecule has 5 heteroatoms. The summed E-state index contributed by atoms with van der Waals surface area (Å²) in [6, 6.07) is 4.34. The first-order chi connectivity index (χ1) is 10.3. The van der Waals surface area contributed by atoms with Crippen molar-refractivity contribution in [3.8, 4) is 0 Å². The highest BCUT2D eigenvalue weighted by atomic mass is 32.1. The van der Waals surface area contributed by atoms with Crippen LogP contribution in [0.5, 0.6) is 0 Å². The average molecular weight is 308 g/mol. The van der Waals surface area contributed by atoms with Gasteiger partial charge in [-0.2, -0.15) is 0 Å².